The Morgan fingerprint density at radius 3 is 2.60 bits per heavy atom. The molecule has 1 heteroatoms. The van der Waals surface area contributed by atoms with Crippen LogP contribution in [-0.2, 0) is 0 Å². The maximum absolute atomic E-state index is 2.47. The quantitative estimate of drug-likeness (QED) is 0.673. The Morgan fingerprint density at radius 1 is 1.13 bits per heavy atom. The van der Waals surface area contributed by atoms with Crippen LogP contribution < -0.4 is 4.90 Å². The summed E-state index contributed by atoms with van der Waals surface area (Å²) >= 11 is 0. The Balaban J connectivity index is 2.40. The van der Waals surface area contributed by atoms with E-state index in [9.17, 15) is 0 Å². The molecule has 0 aliphatic carbocycles. The molecule has 15 heavy (non-hydrogen) atoms. The van der Waals surface area contributed by atoms with E-state index in [2.05, 4.69) is 55.1 Å². The van der Waals surface area contributed by atoms with E-state index in [1.165, 1.54) is 22.0 Å². The van der Waals surface area contributed by atoms with Gasteiger partial charge in [0.05, 0.1) is 6.04 Å². The second-order valence-electron chi connectivity index (χ2n) is 4.18. The van der Waals surface area contributed by atoms with Crippen LogP contribution in [0, 0.1) is 0 Å². The van der Waals surface area contributed by atoms with Crippen molar-refractivity contribution in [3.8, 4) is 0 Å². The molecule has 1 atom stereocenters. The van der Waals surface area contributed by atoms with E-state index in [0.717, 1.165) is 6.54 Å². The third kappa shape index (κ3) is 1.03. The molecule has 2 aromatic rings. The summed E-state index contributed by atoms with van der Waals surface area (Å²) in [4.78, 5) is 2.47. The second-order valence-corrected chi connectivity index (χ2v) is 4.18. The molecule has 0 aromatic heterocycles. The van der Waals surface area contributed by atoms with E-state index in [-0.39, 0.29) is 0 Å². The summed E-state index contributed by atoms with van der Waals surface area (Å²) in [6, 6.07) is 13.7. The van der Waals surface area contributed by atoms with Crippen molar-refractivity contribution in [1.82, 2.24) is 0 Å². The Hall–Kier alpha value is -1.50. The van der Waals surface area contributed by atoms with E-state index in [0.29, 0.717) is 6.04 Å². The zero-order valence-electron chi connectivity index (χ0n) is 9.20. The summed E-state index contributed by atoms with van der Waals surface area (Å²) in [7, 11) is 0. The summed E-state index contributed by atoms with van der Waals surface area (Å²) in [6.07, 6.45) is 0. The van der Waals surface area contributed by atoms with E-state index >= 15 is 0 Å². The fourth-order valence-electron chi connectivity index (χ4n) is 2.76. The van der Waals surface area contributed by atoms with Gasteiger partial charge in [-0.05, 0) is 30.9 Å². The van der Waals surface area contributed by atoms with E-state index in [1.54, 1.807) is 0 Å². The van der Waals surface area contributed by atoms with Crippen molar-refractivity contribution in [3.05, 3.63) is 42.0 Å². The first-order valence-corrected chi connectivity index (χ1v) is 5.61. The van der Waals surface area contributed by atoms with Crippen LogP contribution in [0.2, 0.25) is 0 Å². The van der Waals surface area contributed by atoms with Crippen LogP contribution in [0.3, 0.4) is 0 Å². The highest BCUT2D eigenvalue weighted by molar-refractivity contribution is 6.00. The largest absolute Gasteiger partial charge is 0.365 e. The van der Waals surface area contributed by atoms with Crippen LogP contribution in [0.4, 0.5) is 5.69 Å². The molecule has 1 aliphatic heterocycles. The molecule has 0 saturated carbocycles. The molecule has 1 unspecified atom stereocenters. The third-order valence-electron chi connectivity index (χ3n) is 3.48. The molecule has 0 spiro atoms. The number of rotatable bonds is 1. The molecular weight excluding hydrogens is 182 g/mol. The van der Waals surface area contributed by atoms with Crippen molar-refractivity contribution in [1.29, 1.82) is 0 Å². The number of benzene rings is 2. The minimum absolute atomic E-state index is 0.524. The lowest BCUT2D eigenvalue weighted by Crippen LogP contribution is -2.21. The van der Waals surface area contributed by atoms with Gasteiger partial charge in [0.1, 0.15) is 0 Å². The molecular formula is C14H15N. The van der Waals surface area contributed by atoms with Gasteiger partial charge in [0.15, 0.2) is 0 Å². The number of anilines is 1. The van der Waals surface area contributed by atoms with Gasteiger partial charge >= 0.3 is 0 Å². The van der Waals surface area contributed by atoms with Crippen molar-refractivity contribution >= 4 is 16.5 Å². The topological polar surface area (TPSA) is 3.24 Å². The van der Waals surface area contributed by atoms with Crippen LogP contribution in [0.15, 0.2) is 36.4 Å². The van der Waals surface area contributed by atoms with Crippen molar-refractivity contribution < 1.29 is 0 Å². The lowest BCUT2D eigenvalue weighted by atomic mass is 10.0. The number of nitrogens with zero attached hydrogens (tertiary/aromatic N) is 1. The minimum atomic E-state index is 0.524. The predicted molar refractivity (Wildman–Crippen MR) is 65.4 cm³/mol. The maximum atomic E-state index is 2.47. The lowest BCUT2D eigenvalue weighted by Gasteiger charge is -2.23. The van der Waals surface area contributed by atoms with Gasteiger partial charge in [-0.15, -0.1) is 0 Å². The fourth-order valence-corrected chi connectivity index (χ4v) is 2.76. The predicted octanol–water partition coefficient (Wildman–Crippen LogP) is 3.74. The Labute approximate surface area is 90.3 Å². The van der Waals surface area contributed by atoms with Crippen molar-refractivity contribution in [2.24, 2.45) is 0 Å². The monoisotopic (exact) mass is 197 g/mol. The van der Waals surface area contributed by atoms with Crippen molar-refractivity contribution in [3.63, 3.8) is 0 Å². The Kier molecular flexibility index (Phi) is 1.75. The first-order chi connectivity index (χ1) is 7.33. The summed E-state index contributed by atoms with van der Waals surface area (Å²) < 4.78 is 0. The lowest BCUT2D eigenvalue weighted by molar-refractivity contribution is 0.716. The second kappa shape index (κ2) is 2.99. The van der Waals surface area contributed by atoms with E-state index in [1.807, 2.05) is 0 Å². The van der Waals surface area contributed by atoms with Crippen molar-refractivity contribution in [2.75, 3.05) is 11.4 Å². The molecule has 76 valence electrons. The molecule has 3 rings (SSSR count). The number of hydrogen-bond acceptors (Lipinski definition) is 1. The van der Waals surface area contributed by atoms with Crippen LogP contribution in [0.5, 0.6) is 0 Å². The van der Waals surface area contributed by atoms with Crippen molar-refractivity contribution in [2.45, 2.75) is 19.9 Å². The fraction of sp³-hybridized carbons (Fsp3) is 0.286. The summed E-state index contributed by atoms with van der Waals surface area (Å²) in [5, 5.41) is 2.82. The number of hydrogen-bond donors (Lipinski definition) is 0. The third-order valence-corrected chi connectivity index (χ3v) is 3.48. The zero-order chi connectivity index (χ0) is 10.4. The molecule has 1 heterocycles. The maximum Gasteiger partial charge on any atom is 0.0521 e. The molecule has 0 fully saturated rings. The van der Waals surface area contributed by atoms with Gasteiger partial charge in [-0.2, -0.15) is 0 Å². The average Bonchev–Trinajstić information content (AvgIpc) is 2.55. The molecule has 2 aromatic carbocycles. The summed E-state index contributed by atoms with van der Waals surface area (Å²) in [5.74, 6) is 0. The van der Waals surface area contributed by atoms with Gasteiger partial charge in [0, 0.05) is 17.6 Å². The summed E-state index contributed by atoms with van der Waals surface area (Å²) in [6.45, 7) is 5.59. The molecule has 0 saturated heterocycles. The van der Waals surface area contributed by atoms with Gasteiger partial charge in [0.2, 0.25) is 0 Å². The molecule has 1 aliphatic rings. The van der Waals surface area contributed by atoms with Gasteiger partial charge in [-0.1, -0.05) is 30.3 Å². The first kappa shape index (κ1) is 8.78. The van der Waals surface area contributed by atoms with Gasteiger partial charge in [-0.3, -0.25) is 0 Å². The van der Waals surface area contributed by atoms with Crippen LogP contribution in [0.1, 0.15) is 25.5 Å². The molecule has 0 N–H and O–H groups in total. The van der Waals surface area contributed by atoms with E-state index < -0.39 is 0 Å². The molecule has 1 nitrogen and oxygen atoms in total. The van der Waals surface area contributed by atoms with E-state index in [4.69, 9.17) is 0 Å². The first-order valence-electron chi connectivity index (χ1n) is 5.61. The van der Waals surface area contributed by atoms with Crippen LogP contribution >= 0.6 is 0 Å². The van der Waals surface area contributed by atoms with Crippen LogP contribution in [-0.4, -0.2) is 6.54 Å². The normalized spacial score (nSPS) is 18.8. The smallest absolute Gasteiger partial charge is 0.0521 e. The van der Waals surface area contributed by atoms with Crippen LogP contribution in [0.25, 0.3) is 10.8 Å². The molecule has 0 radical (unpaired) electrons. The summed E-state index contributed by atoms with van der Waals surface area (Å²) in [5.41, 5.74) is 2.88. The Bertz CT molecular complexity index is 510. The highest BCUT2D eigenvalue weighted by Gasteiger charge is 2.26. The Morgan fingerprint density at radius 2 is 1.87 bits per heavy atom. The standard InChI is InChI=1S/C14H15N/c1-3-15-10(2)12-8-4-6-11-7-5-9-13(15)14(11)12/h4-10H,3H2,1-2H3. The average molecular weight is 197 g/mol. The molecule has 0 bridgehead atoms. The highest BCUT2D eigenvalue weighted by Crippen LogP contribution is 2.43. The van der Waals surface area contributed by atoms with Gasteiger partial charge in [-0.25, -0.2) is 0 Å². The SMILES string of the molecule is CCN1c2cccc3cccc(c23)C1C. The zero-order valence-corrected chi connectivity index (χ0v) is 9.20. The minimum Gasteiger partial charge on any atom is -0.365 e. The van der Waals surface area contributed by atoms with Gasteiger partial charge in [0.25, 0.3) is 0 Å². The highest BCUT2D eigenvalue weighted by atomic mass is 15.2. The molecule has 0 amide bonds. The van der Waals surface area contributed by atoms with Gasteiger partial charge < -0.3 is 4.90 Å².